The summed E-state index contributed by atoms with van der Waals surface area (Å²) >= 11 is 0. The number of ether oxygens (including phenoxy) is 1. The van der Waals surface area contributed by atoms with Crippen molar-refractivity contribution in [3.63, 3.8) is 0 Å². The van der Waals surface area contributed by atoms with E-state index in [4.69, 9.17) is 10.5 Å². The maximum atomic E-state index is 5.57. The van der Waals surface area contributed by atoms with Gasteiger partial charge < -0.3 is 10.5 Å². The summed E-state index contributed by atoms with van der Waals surface area (Å²) in [6, 6.07) is 11.8. The highest BCUT2D eigenvalue weighted by Gasteiger charge is 2.05. The smallest absolute Gasteiger partial charge is 0.126 e. The van der Waals surface area contributed by atoms with Crippen molar-refractivity contribution in [2.24, 2.45) is 5.73 Å². The van der Waals surface area contributed by atoms with Crippen LogP contribution in [0.5, 0.6) is 5.75 Å². The van der Waals surface area contributed by atoms with E-state index in [9.17, 15) is 0 Å². The lowest BCUT2D eigenvalue weighted by Crippen LogP contribution is -1.99. The van der Waals surface area contributed by atoms with E-state index in [1.807, 2.05) is 36.4 Å². The normalized spacial score (nSPS) is 10.1. The molecule has 0 unspecified atom stereocenters. The van der Waals surface area contributed by atoms with Crippen molar-refractivity contribution in [3.8, 4) is 16.9 Å². The average Bonchev–Trinajstić information content (AvgIpc) is 2.38. The number of rotatable bonds is 3. The number of benzene rings is 1. The number of hydrogen-bond acceptors (Lipinski definition) is 3. The Kier molecular flexibility index (Phi) is 3.17. The number of hydrogen-bond donors (Lipinski definition) is 1. The number of aromatic nitrogens is 1. The fraction of sp³-hybridized carbons (Fsp3) is 0.154. The lowest BCUT2D eigenvalue weighted by Gasteiger charge is -2.08. The third-order valence-corrected chi connectivity index (χ3v) is 2.44. The molecule has 0 saturated heterocycles. The molecule has 0 aliphatic heterocycles. The molecule has 1 heterocycles. The highest BCUT2D eigenvalue weighted by molar-refractivity contribution is 5.70. The zero-order chi connectivity index (χ0) is 11.4. The summed E-state index contributed by atoms with van der Waals surface area (Å²) in [6.45, 7) is 0.447. The van der Waals surface area contributed by atoms with Crippen molar-refractivity contribution in [2.75, 3.05) is 7.11 Å². The van der Waals surface area contributed by atoms with Gasteiger partial charge in [-0.3, -0.25) is 4.98 Å². The van der Waals surface area contributed by atoms with E-state index in [1.165, 1.54) is 0 Å². The maximum Gasteiger partial charge on any atom is 0.126 e. The third-order valence-electron chi connectivity index (χ3n) is 2.44. The molecular formula is C13H14N2O. The summed E-state index contributed by atoms with van der Waals surface area (Å²) < 4.78 is 5.32. The molecule has 82 valence electrons. The van der Waals surface area contributed by atoms with Gasteiger partial charge in [0, 0.05) is 18.3 Å². The van der Waals surface area contributed by atoms with Crippen LogP contribution < -0.4 is 10.5 Å². The van der Waals surface area contributed by atoms with Gasteiger partial charge in [0.1, 0.15) is 5.75 Å². The van der Waals surface area contributed by atoms with E-state index in [1.54, 1.807) is 13.3 Å². The molecule has 0 radical (unpaired) electrons. The van der Waals surface area contributed by atoms with Gasteiger partial charge in [-0.2, -0.15) is 0 Å². The standard InChI is InChI=1S/C13H14N2O/c1-16-13-5-3-2-4-12(13)10-6-7-15-11(8-10)9-14/h2-8H,9,14H2,1H3. The Morgan fingerprint density at radius 2 is 2.06 bits per heavy atom. The lowest BCUT2D eigenvalue weighted by molar-refractivity contribution is 0.416. The molecule has 0 atom stereocenters. The molecule has 0 aliphatic rings. The van der Waals surface area contributed by atoms with Crippen LogP contribution in [0.25, 0.3) is 11.1 Å². The van der Waals surface area contributed by atoms with Gasteiger partial charge in [-0.1, -0.05) is 18.2 Å². The number of nitrogens with zero attached hydrogens (tertiary/aromatic N) is 1. The molecule has 0 aliphatic carbocycles. The zero-order valence-electron chi connectivity index (χ0n) is 9.18. The van der Waals surface area contributed by atoms with Crippen molar-refractivity contribution in [1.82, 2.24) is 4.98 Å². The van der Waals surface area contributed by atoms with E-state index in [-0.39, 0.29) is 0 Å². The fourth-order valence-corrected chi connectivity index (χ4v) is 1.64. The van der Waals surface area contributed by atoms with Crippen LogP contribution in [0, 0.1) is 0 Å². The second kappa shape index (κ2) is 4.77. The molecule has 2 aromatic rings. The van der Waals surface area contributed by atoms with E-state index in [0.29, 0.717) is 6.54 Å². The van der Waals surface area contributed by atoms with E-state index in [0.717, 1.165) is 22.6 Å². The Morgan fingerprint density at radius 1 is 1.25 bits per heavy atom. The third kappa shape index (κ3) is 2.04. The molecule has 2 N–H and O–H groups in total. The largest absolute Gasteiger partial charge is 0.496 e. The van der Waals surface area contributed by atoms with Crippen molar-refractivity contribution < 1.29 is 4.74 Å². The predicted molar refractivity (Wildman–Crippen MR) is 64.1 cm³/mol. The van der Waals surface area contributed by atoms with E-state index >= 15 is 0 Å². The molecule has 0 amide bonds. The summed E-state index contributed by atoms with van der Waals surface area (Å²) in [5.74, 6) is 0.858. The molecule has 3 heteroatoms. The fourth-order valence-electron chi connectivity index (χ4n) is 1.64. The molecule has 0 spiro atoms. The van der Waals surface area contributed by atoms with Gasteiger partial charge in [-0.15, -0.1) is 0 Å². The van der Waals surface area contributed by atoms with Crippen molar-refractivity contribution in [2.45, 2.75) is 6.54 Å². The van der Waals surface area contributed by atoms with Crippen molar-refractivity contribution >= 4 is 0 Å². The van der Waals surface area contributed by atoms with Crippen LogP contribution >= 0.6 is 0 Å². The summed E-state index contributed by atoms with van der Waals surface area (Å²) in [4.78, 5) is 4.17. The molecule has 2 rings (SSSR count). The van der Waals surface area contributed by atoms with Crippen LogP contribution in [-0.4, -0.2) is 12.1 Å². The molecule has 1 aromatic carbocycles. The number of methoxy groups -OCH3 is 1. The SMILES string of the molecule is COc1ccccc1-c1ccnc(CN)c1. The first kappa shape index (κ1) is 10.6. The minimum Gasteiger partial charge on any atom is -0.496 e. The topological polar surface area (TPSA) is 48.1 Å². The van der Waals surface area contributed by atoms with Crippen LogP contribution in [0.1, 0.15) is 5.69 Å². The minimum atomic E-state index is 0.447. The van der Waals surface area contributed by atoms with Gasteiger partial charge in [0.25, 0.3) is 0 Å². The number of pyridine rings is 1. The summed E-state index contributed by atoms with van der Waals surface area (Å²) in [7, 11) is 1.67. The van der Waals surface area contributed by atoms with Gasteiger partial charge in [0.2, 0.25) is 0 Å². The summed E-state index contributed by atoms with van der Waals surface area (Å²) in [5.41, 5.74) is 8.59. The monoisotopic (exact) mass is 214 g/mol. The molecule has 16 heavy (non-hydrogen) atoms. The van der Waals surface area contributed by atoms with Crippen LogP contribution in [0.15, 0.2) is 42.6 Å². The van der Waals surface area contributed by atoms with Crippen LogP contribution in [0.4, 0.5) is 0 Å². The molecule has 1 aromatic heterocycles. The second-order valence-electron chi connectivity index (χ2n) is 3.44. The molecular weight excluding hydrogens is 200 g/mol. The molecule has 3 nitrogen and oxygen atoms in total. The van der Waals surface area contributed by atoms with Crippen LogP contribution in [0.2, 0.25) is 0 Å². The van der Waals surface area contributed by atoms with E-state index in [2.05, 4.69) is 4.98 Å². The van der Waals surface area contributed by atoms with Gasteiger partial charge >= 0.3 is 0 Å². The lowest BCUT2D eigenvalue weighted by atomic mass is 10.1. The second-order valence-corrected chi connectivity index (χ2v) is 3.44. The van der Waals surface area contributed by atoms with Crippen molar-refractivity contribution in [3.05, 3.63) is 48.3 Å². The quantitative estimate of drug-likeness (QED) is 0.852. The summed E-state index contributed by atoms with van der Waals surface area (Å²) in [6.07, 6.45) is 1.77. The Morgan fingerprint density at radius 3 is 2.81 bits per heavy atom. The Labute approximate surface area is 94.9 Å². The first-order valence-electron chi connectivity index (χ1n) is 5.13. The maximum absolute atomic E-state index is 5.57. The van der Waals surface area contributed by atoms with Crippen molar-refractivity contribution in [1.29, 1.82) is 0 Å². The van der Waals surface area contributed by atoms with Crippen LogP contribution in [-0.2, 0) is 6.54 Å². The first-order valence-corrected chi connectivity index (χ1v) is 5.13. The van der Waals surface area contributed by atoms with Gasteiger partial charge in [0.15, 0.2) is 0 Å². The summed E-state index contributed by atoms with van der Waals surface area (Å²) in [5, 5.41) is 0. The predicted octanol–water partition coefficient (Wildman–Crippen LogP) is 2.22. The van der Waals surface area contributed by atoms with Crippen LogP contribution in [0.3, 0.4) is 0 Å². The number of nitrogens with two attached hydrogens (primary N) is 1. The number of para-hydroxylation sites is 1. The van der Waals surface area contributed by atoms with Gasteiger partial charge in [-0.05, 0) is 23.8 Å². The minimum absolute atomic E-state index is 0.447. The Balaban J connectivity index is 2.49. The zero-order valence-corrected chi connectivity index (χ0v) is 9.18. The molecule has 0 bridgehead atoms. The van der Waals surface area contributed by atoms with Gasteiger partial charge in [-0.25, -0.2) is 0 Å². The molecule has 0 fully saturated rings. The molecule has 0 saturated carbocycles. The Bertz CT molecular complexity index is 483. The Hall–Kier alpha value is -1.87. The first-order chi connectivity index (χ1) is 7.85. The van der Waals surface area contributed by atoms with Gasteiger partial charge in [0.05, 0.1) is 12.8 Å². The highest BCUT2D eigenvalue weighted by Crippen LogP contribution is 2.29. The highest BCUT2D eigenvalue weighted by atomic mass is 16.5. The van der Waals surface area contributed by atoms with E-state index < -0.39 is 0 Å². The average molecular weight is 214 g/mol.